The van der Waals surface area contributed by atoms with Gasteiger partial charge in [-0.1, -0.05) is 30.3 Å². The lowest BCUT2D eigenvalue weighted by atomic mass is 10.2. The van der Waals surface area contributed by atoms with Gasteiger partial charge in [0.05, 0.1) is 0 Å². The van der Waals surface area contributed by atoms with Gasteiger partial charge in [0.15, 0.2) is 0 Å². The topological polar surface area (TPSA) is 370 Å². The summed E-state index contributed by atoms with van der Waals surface area (Å²) in [6.45, 7) is 9.90. The van der Waals surface area contributed by atoms with Crippen molar-refractivity contribution in [2.45, 2.75) is 52.7 Å². The molecule has 0 radical (unpaired) electrons. The summed E-state index contributed by atoms with van der Waals surface area (Å²) in [5, 5.41) is 45.4. The van der Waals surface area contributed by atoms with Crippen LogP contribution in [0.3, 0.4) is 0 Å². The Morgan fingerprint density at radius 1 is 0.333 bits per heavy atom. The third-order valence-corrected chi connectivity index (χ3v) is 9.74. The summed E-state index contributed by atoms with van der Waals surface area (Å²) < 4.78 is 10.9. The smallest absolute Gasteiger partial charge is 0.474 e. The Balaban J connectivity index is 0.922. The van der Waals surface area contributed by atoms with Crippen LogP contribution in [0.2, 0.25) is 0 Å². The van der Waals surface area contributed by atoms with Crippen molar-refractivity contribution in [3.63, 3.8) is 0 Å². The van der Waals surface area contributed by atoms with Gasteiger partial charge in [0.25, 0.3) is 23.6 Å². The van der Waals surface area contributed by atoms with Crippen LogP contribution < -0.4 is 52.0 Å². The second kappa shape index (κ2) is 23.5. The number of pyridine rings is 7. The van der Waals surface area contributed by atoms with E-state index in [2.05, 4.69) is 67.5 Å². The number of nitrogens with one attached hydrogen (secondary N) is 8. The molecule has 0 saturated heterocycles. The summed E-state index contributed by atoms with van der Waals surface area (Å²) in [7, 11) is 0. The van der Waals surface area contributed by atoms with Crippen LogP contribution in [0, 0.1) is 10.4 Å². The molecule has 27 nitrogen and oxygen atoms in total. The number of nitrogens with zero attached hydrogens (tertiary/aromatic N) is 7. The first-order valence-electron chi connectivity index (χ1n) is 23.2. The minimum Gasteiger partial charge on any atom is -0.740 e. The summed E-state index contributed by atoms with van der Waals surface area (Å²) in [6.07, 6.45) is -1.77. The molecule has 7 aromatic heterocycles. The van der Waals surface area contributed by atoms with Gasteiger partial charge in [-0.05, 0) is 114 Å². The summed E-state index contributed by atoms with van der Waals surface area (Å²) >= 11 is 0. The average Bonchev–Trinajstić information content (AvgIpc) is 3.39. The van der Waals surface area contributed by atoms with Gasteiger partial charge in [0.1, 0.15) is 68.6 Å². The molecule has 0 unspecified atom stereocenters. The Kier molecular flexibility index (Phi) is 16.5. The minimum absolute atomic E-state index is 0.0214. The Hall–Kier alpha value is -11.0. The third kappa shape index (κ3) is 15.1. The molecular formula is C51H47N15O12. The van der Waals surface area contributed by atoms with E-state index in [0.717, 1.165) is 0 Å². The average molecular weight is 1060 g/mol. The first kappa shape index (κ1) is 54.8. The van der Waals surface area contributed by atoms with Crippen molar-refractivity contribution < 1.29 is 57.3 Å². The lowest BCUT2D eigenvalue weighted by Crippen LogP contribution is -2.38. The zero-order valence-electron chi connectivity index (χ0n) is 42.2. The Labute approximate surface area is 442 Å². The van der Waals surface area contributed by atoms with Crippen LogP contribution in [0.15, 0.2) is 127 Å². The zero-order chi connectivity index (χ0) is 56.3. The van der Waals surface area contributed by atoms with Crippen molar-refractivity contribution in [2.24, 2.45) is 0 Å². The highest BCUT2D eigenvalue weighted by molar-refractivity contribution is 6.08. The van der Waals surface area contributed by atoms with E-state index in [0.29, 0.717) is 0 Å². The Morgan fingerprint density at radius 2 is 0.551 bits per heavy atom. The van der Waals surface area contributed by atoms with Crippen LogP contribution in [0.5, 0.6) is 0 Å². The molecule has 7 rings (SSSR count). The number of amides is 8. The van der Waals surface area contributed by atoms with E-state index in [1.165, 1.54) is 127 Å². The molecule has 0 aliphatic heterocycles. The number of aromatic nitrogens is 7. The van der Waals surface area contributed by atoms with Crippen LogP contribution in [0.4, 0.5) is 56.1 Å². The van der Waals surface area contributed by atoms with E-state index >= 15 is 0 Å². The Morgan fingerprint density at radius 3 is 0.808 bits per heavy atom. The monoisotopic (exact) mass is 1060 g/mol. The predicted octanol–water partition coefficient (Wildman–Crippen LogP) is 6.14. The number of rotatable bonds is 14. The number of carbonyl (C=O) groups excluding carboxylic acids is 8. The van der Waals surface area contributed by atoms with Crippen LogP contribution in [-0.2, 0) is 9.47 Å². The molecule has 7 heterocycles. The van der Waals surface area contributed by atoms with Crippen molar-refractivity contribution in [3.05, 3.63) is 172 Å². The molecule has 0 atom stereocenters. The van der Waals surface area contributed by atoms with Crippen molar-refractivity contribution in [1.82, 2.24) is 24.9 Å². The van der Waals surface area contributed by atoms with Gasteiger partial charge < -0.3 is 41.2 Å². The maximum atomic E-state index is 13.3. The van der Waals surface area contributed by atoms with Gasteiger partial charge in [-0.25, -0.2) is 74.8 Å². The molecule has 7 aromatic rings. The van der Waals surface area contributed by atoms with Crippen molar-refractivity contribution >= 4 is 94.2 Å². The summed E-state index contributed by atoms with van der Waals surface area (Å²) in [5.74, 6) is -5.87. The molecule has 0 aromatic carbocycles. The first-order chi connectivity index (χ1) is 37.0. The van der Waals surface area contributed by atoms with E-state index in [1.807, 2.05) is 0 Å². The molecule has 0 aliphatic rings. The lowest BCUT2D eigenvalue weighted by molar-refractivity contribution is -0.574. The maximum absolute atomic E-state index is 13.3. The summed E-state index contributed by atoms with van der Waals surface area (Å²) in [5.41, 5.74) is -2.93. The van der Waals surface area contributed by atoms with E-state index < -0.39 is 58.8 Å². The normalized spacial score (nSPS) is 10.9. The molecule has 8 amide bonds. The second-order valence-corrected chi connectivity index (χ2v) is 18.2. The number of hydrogen-bond donors (Lipinski definition) is 8. The quantitative estimate of drug-likeness (QED) is 0.0448. The lowest BCUT2D eigenvalue weighted by Gasteiger charge is -2.19. The highest BCUT2D eigenvalue weighted by atomic mass is 16.6. The van der Waals surface area contributed by atoms with Crippen molar-refractivity contribution in [1.29, 1.82) is 0 Å². The van der Waals surface area contributed by atoms with Gasteiger partial charge >= 0.3 is 24.0 Å². The standard InChI is InChI=1S/C51H47N15O12/c1-50(2,3)77-48(73)63-40-26-12-24-38(65(40)75)61-46(71)32-18-8-16-30(53-32)44(69)59-36-22-10-20-34(55-36)57-42(67)28-14-7-15-29(52-28)43(68)58-35-21-11-23-37(56-35)60-45(70)31-17-9-19-33(54-31)47(72)62-39-25-13-27-41(66(39)76)64-49(74)78-51(4,5)6/h7-27H,1-6H3,(H,61,71)(H,62,72)(H,63,73)(H,64,74)(H2,55,57,59,67,69)(H2,56,58,60,68,70). The van der Waals surface area contributed by atoms with Crippen LogP contribution in [0.25, 0.3) is 0 Å². The molecule has 0 spiro atoms. The molecule has 0 fully saturated rings. The van der Waals surface area contributed by atoms with E-state index in [4.69, 9.17) is 9.47 Å². The molecule has 78 heavy (non-hydrogen) atoms. The largest absolute Gasteiger partial charge is 0.740 e. The van der Waals surface area contributed by atoms with Gasteiger partial charge in [0.2, 0.25) is 23.3 Å². The fourth-order valence-electron chi connectivity index (χ4n) is 6.47. The molecule has 0 saturated carbocycles. The highest BCUT2D eigenvalue weighted by Crippen LogP contribution is 2.18. The maximum Gasteiger partial charge on any atom is 0.474 e. The van der Waals surface area contributed by atoms with Crippen molar-refractivity contribution in [3.8, 4) is 0 Å². The predicted molar refractivity (Wildman–Crippen MR) is 279 cm³/mol. The van der Waals surface area contributed by atoms with Crippen LogP contribution in [-0.4, -0.2) is 83.8 Å². The molecule has 27 heteroatoms. The van der Waals surface area contributed by atoms with E-state index in [9.17, 15) is 48.8 Å². The number of ether oxygens (including phenoxy) is 2. The number of hydrogen-bond acceptors (Lipinski definition) is 17. The molecular weight excluding hydrogens is 1010 g/mol. The molecule has 0 aliphatic carbocycles. The molecule has 398 valence electrons. The van der Waals surface area contributed by atoms with Gasteiger partial charge in [-0.2, -0.15) is 0 Å². The number of carbonyl (C=O) groups is 8. The molecule has 0 bridgehead atoms. The first-order valence-corrected chi connectivity index (χ1v) is 23.2. The fraction of sp³-hybridized carbons (Fsp3) is 0.157. The van der Waals surface area contributed by atoms with Gasteiger partial charge in [0, 0.05) is 24.3 Å². The molecule has 8 N–H and O–H groups in total. The summed E-state index contributed by atoms with van der Waals surface area (Å²) in [4.78, 5) is 125. The van der Waals surface area contributed by atoms with Crippen LogP contribution >= 0.6 is 0 Å². The summed E-state index contributed by atoms with van der Waals surface area (Å²) in [6, 6.07) is 28.8. The van der Waals surface area contributed by atoms with Crippen molar-refractivity contribution in [2.75, 3.05) is 42.5 Å². The van der Waals surface area contributed by atoms with Gasteiger partial charge in [-0.15, -0.1) is 0 Å². The van der Waals surface area contributed by atoms with E-state index in [-0.39, 0.29) is 90.2 Å². The SMILES string of the molecule is CC(C)(C)OC(=O)Nc1cccc(NC(=O)c2cccc(C(=O)Nc3cccc(NC(=O)c4cccc(C(=O)Nc5cccc(NC(=O)c6cccc(C(=O)Nc7cccc(NC(=O)OC(C)(C)C)[n+]7[O-])n6)n5)n4)n3)n2)[n+]1[O-]. The van der Waals surface area contributed by atoms with E-state index in [1.54, 1.807) is 41.5 Å². The van der Waals surface area contributed by atoms with Crippen LogP contribution in [0.1, 0.15) is 104 Å². The Bertz CT molecular complexity index is 3280. The highest BCUT2D eigenvalue weighted by Gasteiger charge is 2.25. The zero-order valence-corrected chi connectivity index (χ0v) is 42.2. The third-order valence-electron chi connectivity index (χ3n) is 9.74. The van der Waals surface area contributed by atoms with Gasteiger partial charge in [-0.3, -0.25) is 19.2 Å². The minimum atomic E-state index is -0.885. The second-order valence-electron chi connectivity index (χ2n) is 18.2. The fourth-order valence-corrected chi connectivity index (χ4v) is 6.47. The number of anilines is 8.